The van der Waals surface area contributed by atoms with Gasteiger partial charge in [0.05, 0.1) is 12.7 Å². The SMILES string of the molecule is COC(=O)c1ccc2c(c1)NC(=O)N(C1CCN(Cc3ccccc3)CC1)C2. The predicted molar refractivity (Wildman–Crippen MR) is 107 cm³/mol. The fraction of sp³-hybridized carbons (Fsp3) is 0.364. The number of carbonyl (C=O) groups is 2. The van der Waals surface area contributed by atoms with Crippen LogP contribution in [0.4, 0.5) is 10.5 Å². The fourth-order valence-corrected chi connectivity index (χ4v) is 4.04. The second-order valence-electron chi connectivity index (χ2n) is 7.41. The van der Waals surface area contributed by atoms with Gasteiger partial charge in [-0.05, 0) is 36.1 Å². The number of likely N-dealkylation sites (tertiary alicyclic amines) is 1. The topological polar surface area (TPSA) is 61.9 Å². The number of hydrogen-bond acceptors (Lipinski definition) is 4. The molecule has 28 heavy (non-hydrogen) atoms. The predicted octanol–water partition coefficient (Wildman–Crippen LogP) is 3.49. The third kappa shape index (κ3) is 3.87. The molecule has 2 aliphatic rings. The van der Waals surface area contributed by atoms with E-state index in [1.165, 1.54) is 12.7 Å². The minimum absolute atomic E-state index is 0.0870. The highest BCUT2D eigenvalue weighted by Gasteiger charge is 2.31. The lowest BCUT2D eigenvalue weighted by atomic mass is 9.99. The number of carbonyl (C=O) groups excluding carboxylic acids is 2. The average molecular weight is 379 g/mol. The standard InChI is InChI=1S/C22H25N3O3/c1-28-21(26)17-7-8-18-15-25(22(27)23-20(18)13-17)19-9-11-24(12-10-19)14-16-5-3-2-4-6-16/h2-8,13,19H,9-12,14-15H2,1H3,(H,23,27). The fourth-order valence-electron chi connectivity index (χ4n) is 4.04. The number of nitrogens with one attached hydrogen (secondary N) is 1. The quantitative estimate of drug-likeness (QED) is 0.826. The number of amides is 2. The summed E-state index contributed by atoms with van der Waals surface area (Å²) in [5.41, 5.74) is 3.50. The third-order valence-corrected chi connectivity index (χ3v) is 5.62. The third-order valence-electron chi connectivity index (χ3n) is 5.62. The minimum Gasteiger partial charge on any atom is -0.465 e. The van der Waals surface area contributed by atoms with Gasteiger partial charge in [0, 0.05) is 37.9 Å². The molecule has 0 aromatic heterocycles. The number of benzene rings is 2. The van der Waals surface area contributed by atoms with Crippen LogP contribution in [0.2, 0.25) is 0 Å². The molecule has 0 spiro atoms. The Balaban J connectivity index is 1.38. The van der Waals surface area contributed by atoms with Crippen molar-refractivity contribution in [3.63, 3.8) is 0 Å². The van der Waals surface area contributed by atoms with Crippen molar-refractivity contribution in [1.29, 1.82) is 0 Å². The Morgan fingerprint density at radius 1 is 1.14 bits per heavy atom. The number of esters is 1. The highest BCUT2D eigenvalue weighted by molar-refractivity contribution is 5.96. The molecule has 1 N–H and O–H groups in total. The zero-order chi connectivity index (χ0) is 19.5. The molecule has 0 atom stereocenters. The first-order valence-corrected chi connectivity index (χ1v) is 9.69. The van der Waals surface area contributed by atoms with Gasteiger partial charge in [0.25, 0.3) is 0 Å². The van der Waals surface area contributed by atoms with E-state index in [9.17, 15) is 9.59 Å². The number of fused-ring (bicyclic) bond motifs is 1. The molecule has 1 saturated heterocycles. The van der Waals surface area contributed by atoms with Crippen molar-refractivity contribution in [1.82, 2.24) is 9.80 Å². The van der Waals surface area contributed by atoms with Crippen LogP contribution in [0.1, 0.15) is 34.3 Å². The van der Waals surface area contributed by atoms with Gasteiger partial charge < -0.3 is 15.0 Å². The molecule has 0 bridgehead atoms. The Bertz CT molecular complexity index is 861. The van der Waals surface area contributed by atoms with Crippen LogP contribution in [-0.2, 0) is 17.8 Å². The molecule has 4 rings (SSSR count). The maximum absolute atomic E-state index is 12.7. The zero-order valence-corrected chi connectivity index (χ0v) is 16.1. The van der Waals surface area contributed by atoms with Gasteiger partial charge in [-0.25, -0.2) is 9.59 Å². The highest BCUT2D eigenvalue weighted by atomic mass is 16.5. The Hall–Kier alpha value is -2.86. The van der Waals surface area contributed by atoms with Gasteiger partial charge in [-0.2, -0.15) is 0 Å². The normalized spacial score (nSPS) is 17.8. The summed E-state index contributed by atoms with van der Waals surface area (Å²) in [6.45, 7) is 3.50. The Morgan fingerprint density at radius 2 is 1.89 bits per heavy atom. The summed E-state index contributed by atoms with van der Waals surface area (Å²) in [4.78, 5) is 28.7. The summed E-state index contributed by atoms with van der Waals surface area (Å²) in [5, 5.41) is 2.94. The number of nitrogens with zero attached hydrogens (tertiary/aromatic N) is 2. The van der Waals surface area contributed by atoms with E-state index >= 15 is 0 Å². The molecule has 6 heteroatoms. The van der Waals surface area contributed by atoms with Crippen LogP contribution in [0.5, 0.6) is 0 Å². The van der Waals surface area contributed by atoms with Crippen LogP contribution in [0, 0.1) is 0 Å². The smallest absolute Gasteiger partial charge is 0.337 e. The number of rotatable bonds is 4. The van der Waals surface area contributed by atoms with E-state index in [1.807, 2.05) is 17.0 Å². The monoisotopic (exact) mass is 379 g/mol. The van der Waals surface area contributed by atoms with Crippen LogP contribution in [0.25, 0.3) is 0 Å². The van der Waals surface area contributed by atoms with E-state index in [1.54, 1.807) is 12.1 Å². The Kier molecular flexibility index (Phi) is 5.30. The lowest BCUT2D eigenvalue weighted by Gasteiger charge is -2.40. The molecule has 2 heterocycles. The number of hydrogen-bond donors (Lipinski definition) is 1. The second kappa shape index (κ2) is 8.02. The maximum atomic E-state index is 12.7. The second-order valence-corrected chi connectivity index (χ2v) is 7.41. The van der Waals surface area contributed by atoms with Crippen molar-refractivity contribution >= 4 is 17.7 Å². The number of ether oxygens (including phenoxy) is 1. The van der Waals surface area contributed by atoms with Crippen LogP contribution in [-0.4, -0.2) is 48.0 Å². The molecule has 6 nitrogen and oxygen atoms in total. The van der Waals surface area contributed by atoms with Gasteiger partial charge in [0.2, 0.25) is 0 Å². The van der Waals surface area contributed by atoms with E-state index in [2.05, 4.69) is 34.5 Å². The number of piperidine rings is 1. The van der Waals surface area contributed by atoms with Crippen molar-refractivity contribution < 1.29 is 14.3 Å². The molecule has 0 saturated carbocycles. The van der Waals surface area contributed by atoms with Crippen molar-refractivity contribution in [2.75, 3.05) is 25.5 Å². The zero-order valence-electron chi connectivity index (χ0n) is 16.1. The molecule has 2 amide bonds. The van der Waals surface area contributed by atoms with Crippen LogP contribution in [0.3, 0.4) is 0 Å². The molecular formula is C22H25N3O3. The van der Waals surface area contributed by atoms with Crippen LogP contribution >= 0.6 is 0 Å². The summed E-state index contributed by atoms with van der Waals surface area (Å²) in [5.74, 6) is -0.398. The number of anilines is 1. The average Bonchev–Trinajstić information content (AvgIpc) is 2.73. The van der Waals surface area contributed by atoms with Crippen molar-refractivity contribution in [3.8, 4) is 0 Å². The molecule has 2 aromatic carbocycles. The maximum Gasteiger partial charge on any atom is 0.337 e. The number of methoxy groups -OCH3 is 1. The first kappa shape index (κ1) is 18.5. The summed E-state index contributed by atoms with van der Waals surface area (Å²) in [6, 6.07) is 16.0. The largest absolute Gasteiger partial charge is 0.465 e. The van der Waals surface area contributed by atoms with E-state index in [-0.39, 0.29) is 12.1 Å². The van der Waals surface area contributed by atoms with Gasteiger partial charge in [-0.3, -0.25) is 4.90 Å². The molecule has 1 fully saturated rings. The summed E-state index contributed by atoms with van der Waals surface area (Å²) in [6.07, 6.45) is 1.94. The van der Waals surface area contributed by atoms with Gasteiger partial charge >= 0.3 is 12.0 Å². The first-order valence-electron chi connectivity index (χ1n) is 9.69. The molecular weight excluding hydrogens is 354 g/mol. The Labute approximate surface area is 165 Å². The molecule has 2 aromatic rings. The summed E-state index contributed by atoms with van der Waals surface area (Å²) >= 11 is 0. The molecule has 0 radical (unpaired) electrons. The number of urea groups is 1. The van der Waals surface area contributed by atoms with E-state index < -0.39 is 5.97 Å². The van der Waals surface area contributed by atoms with E-state index in [0.717, 1.165) is 38.0 Å². The molecule has 2 aliphatic heterocycles. The van der Waals surface area contributed by atoms with E-state index in [4.69, 9.17) is 4.74 Å². The van der Waals surface area contributed by atoms with Gasteiger partial charge in [-0.15, -0.1) is 0 Å². The van der Waals surface area contributed by atoms with E-state index in [0.29, 0.717) is 17.8 Å². The van der Waals surface area contributed by atoms with Gasteiger partial charge in [0.15, 0.2) is 0 Å². The summed E-state index contributed by atoms with van der Waals surface area (Å²) < 4.78 is 4.76. The van der Waals surface area contributed by atoms with Gasteiger partial charge in [0.1, 0.15) is 0 Å². The Morgan fingerprint density at radius 3 is 2.61 bits per heavy atom. The van der Waals surface area contributed by atoms with Crippen LogP contribution < -0.4 is 5.32 Å². The van der Waals surface area contributed by atoms with Gasteiger partial charge in [-0.1, -0.05) is 36.4 Å². The van der Waals surface area contributed by atoms with Crippen molar-refractivity contribution in [2.24, 2.45) is 0 Å². The highest BCUT2D eigenvalue weighted by Crippen LogP contribution is 2.29. The molecule has 0 aliphatic carbocycles. The lowest BCUT2D eigenvalue weighted by molar-refractivity contribution is 0.0600. The van der Waals surface area contributed by atoms with Crippen LogP contribution in [0.15, 0.2) is 48.5 Å². The minimum atomic E-state index is -0.398. The first-order chi connectivity index (χ1) is 13.6. The van der Waals surface area contributed by atoms with Crippen molar-refractivity contribution in [3.05, 3.63) is 65.2 Å². The van der Waals surface area contributed by atoms with Crippen molar-refractivity contribution in [2.45, 2.75) is 32.0 Å². The lowest BCUT2D eigenvalue weighted by Crippen LogP contribution is -2.50. The molecule has 146 valence electrons. The molecule has 0 unspecified atom stereocenters. The summed E-state index contributed by atoms with van der Waals surface area (Å²) in [7, 11) is 1.35.